The second kappa shape index (κ2) is 6.43. The number of ether oxygens (including phenoxy) is 1. The van der Waals surface area contributed by atoms with E-state index in [1.807, 2.05) is 24.3 Å². The lowest BCUT2D eigenvalue weighted by Gasteiger charge is -2.11. The van der Waals surface area contributed by atoms with Gasteiger partial charge in [0.15, 0.2) is 5.75 Å². The van der Waals surface area contributed by atoms with Crippen LogP contribution >= 0.6 is 15.9 Å². The topological polar surface area (TPSA) is 64.3 Å². The summed E-state index contributed by atoms with van der Waals surface area (Å²) in [4.78, 5) is 12.2. The van der Waals surface area contributed by atoms with Gasteiger partial charge in [-0.25, -0.2) is 0 Å². The third-order valence-electron chi connectivity index (χ3n) is 2.89. The van der Waals surface area contributed by atoms with Crippen LogP contribution in [0.1, 0.15) is 15.9 Å². The first-order valence-corrected chi connectivity index (χ1v) is 6.87. The first kappa shape index (κ1) is 14.4. The van der Waals surface area contributed by atoms with Crippen molar-refractivity contribution in [2.24, 2.45) is 0 Å². The Morgan fingerprint density at radius 1 is 1.25 bits per heavy atom. The Morgan fingerprint density at radius 3 is 2.70 bits per heavy atom. The summed E-state index contributed by atoms with van der Waals surface area (Å²) in [6.07, 6.45) is 0. The van der Waals surface area contributed by atoms with Crippen molar-refractivity contribution in [1.82, 2.24) is 5.32 Å². The Morgan fingerprint density at radius 2 is 2.00 bits per heavy atom. The minimum Gasteiger partial charge on any atom is -0.494 e. The zero-order valence-corrected chi connectivity index (χ0v) is 12.6. The van der Waals surface area contributed by atoms with Crippen molar-refractivity contribution < 1.29 is 9.53 Å². The molecule has 0 spiro atoms. The molecule has 0 saturated carbocycles. The van der Waals surface area contributed by atoms with Crippen molar-refractivity contribution >= 4 is 27.5 Å². The predicted octanol–water partition coefficient (Wildman–Crippen LogP) is 2.97. The van der Waals surface area contributed by atoms with Crippen LogP contribution in [0, 0.1) is 0 Å². The summed E-state index contributed by atoms with van der Waals surface area (Å²) in [5.74, 6) is 0.182. The van der Waals surface area contributed by atoms with E-state index >= 15 is 0 Å². The molecule has 0 aromatic heterocycles. The number of nitrogens with one attached hydrogen (secondary N) is 1. The molecule has 0 bridgehead atoms. The quantitative estimate of drug-likeness (QED) is 0.845. The molecule has 20 heavy (non-hydrogen) atoms. The van der Waals surface area contributed by atoms with Crippen molar-refractivity contribution in [1.29, 1.82) is 0 Å². The Kier molecular flexibility index (Phi) is 4.63. The molecule has 0 heterocycles. The van der Waals surface area contributed by atoms with Crippen LogP contribution < -0.4 is 15.8 Å². The summed E-state index contributed by atoms with van der Waals surface area (Å²) in [5.41, 5.74) is 7.67. The maximum atomic E-state index is 12.2. The number of hydrogen-bond donors (Lipinski definition) is 2. The number of methoxy groups -OCH3 is 1. The van der Waals surface area contributed by atoms with Crippen molar-refractivity contribution in [2.75, 3.05) is 12.8 Å². The molecule has 0 unspecified atom stereocenters. The SMILES string of the molecule is COc1c(N)cccc1C(=O)NCc1ccccc1Br. The molecule has 3 N–H and O–H groups in total. The number of anilines is 1. The van der Waals surface area contributed by atoms with Gasteiger partial charge in [-0.15, -0.1) is 0 Å². The number of amides is 1. The number of carbonyl (C=O) groups excluding carboxylic acids is 1. The van der Waals surface area contributed by atoms with Gasteiger partial charge < -0.3 is 15.8 Å². The van der Waals surface area contributed by atoms with Crippen molar-refractivity contribution in [3.63, 3.8) is 0 Å². The molecular weight excluding hydrogens is 320 g/mol. The van der Waals surface area contributed by atoms with Gasteiger partial charge in [-0.1, -0.05) is 40.2 Å². The second-order valence-corrected chi connectivity index (χ2v) is 5.06. The lowest BCUT2D eigenvalue weighted by molar-refractivity contribution is 0.0948. The molecular formula is C15H15BrN2O2. The summed E-state index contributed by atoms with van der Waals surface area (Å²) in [7, 11) is 1.50. The molecule has 0 radical (unpaired) electrons. The fourth-order valence-electron chi connectivity index (χ4n) is 1.87. The lowest BCUT2D eigenvalue weighted by Crippen LogP contribution is -2.23. The molecule has 0 aliphatic heterocycles. The molecule has 0 fully saturated rings. The molecule has 0 aliphatic carbocycles. The van der Waals surface area contributed by atoms with Gasteiger partial charge in [-0.2, -0.15) is 0 Å². The van der Waals surface area contributed by atoms with Crippen LogP contribution in [0.25, 0.3) is 0 Å². The number of nitrogens with two attached hydrogens (primary N) is 1. The van der Waals surface area contributed by atoms with Gasteiger partial charge in [0.1, 0.15) is 0 Å². The molecule has 2 rings (SSSR count). The Balaban J connectivity index is 2.14. The van der Waals surface area contributed by atoms with E-state index in [2.05, 4.69) is 21.2 Å². The van der Waals surface area contributed by atoms with Crippen LogP contribution in [0.2, 0.25) is 0 Å². The fraction of sp³-hybridized carbons (Fsp3) is 0.133. The van der Waals surface area contributed by atoms with Gasteiger partial charge in [-0.05, 0) is 23.8 Å². The monoisotopic (exact) mass is 334 g/mol. The average molecular weight is 335 g/mol. The zero-order chi connectivity index (χ0) is 14.5. The summed E-state index contributed by atoms with van der Waals surface area (Å²) < 4.78 is 6.14. The predicted molar refractivity (Wildman–Crippen MR) is 82.7 cm³/mol. The van der Waals surface area contributed by atoms with Crippen LogP contribution in [-0.2, 0) is 6.54 Å². The number of benzene rings is 2. The molecule has 4 nitrogen and oxygen atoms in total. The number of hydrogen-bond acceptors (Lipinski definition) is 3. The maximum Gasteiger partial charge on any atom is 0.255 e. The van der Waals surface area contributed by atoms with Gasteiger partial charge in [0, 0.05) is 11.0 Å². The Labute approximate surface area is 126 Å². The summed E-state index contributed by atoms with van der Waals surface area (Å²) in [6.45, 7) is 0.429. The molecule has 0 atom stereocenters. The second-order valence-electron chi connectivity index (χ2n) is 4.20. The molecule has 1 amide bonds. The number of rotatable bonds is 4. The zero-order valence-electron chi connectivity index (χ0n) is 11.0. The van der Waals surface area contributed by atoms with E-state index in [1.54, 1.807) is 18.2 Å². The molecule has 5 heteroatoms. The highest BCUT2D eigenvalue weighted by Crippen LogP contribution is 2.25. The third-order valence-corrected chi connectivity index (χ3v) is 3.67. The van der Waals surface area contributed by atoms with E-state index in [1.165, 1.54) is 7.11 Å². The van der Waals surface area contributed by atoms with E-state index in [0.717, 1.165) is 10.0 Å². The first-order valence-electron chi connectivity index (χ1n) is 6.07. The van der Waals surface area contributed by atoms with Crippen molar-refractivity contribution in [3.8, 4) is 5.75 Å². The lowest BCUT2D eigenvalue weighted by atomic mass is 10.1. The normalized spacial score (nSPS) is 10.1. The van der Waals surface area contributed by atoms with E-state index in [0.29, 0.717) is 23.5 Å². The molecule has 2 aromatic rings. The van der Waals surface area contributed by atoms with E-state index in [-0.39, 0.29) is 5.91 Å². The van der Waals surface area contributed by atoms with Gasteiger partial charge >= 0.3 is 0 Å². The van der Waals surface area contributed by atoms with Crippen LogP contribution in [0.3, 0.4) is 0 Å². The van der Waals surface area contributed by atoms with Crippen LogP contribution in [0.15, 0.2) is 46.9 Å². The number of para-hydroxylation sites is 1. The number of halogens is 1. The van der Waals surface area contributed by atoms with Gasteiger partial charge in [-0.3, -0.25) is 4.79 Å². The summed E-state index contributed by atoms with van der Waals surface area (Å²) >= 11 is 3.45. The third kappa shape index (κ3) is 3.11. The molecule has 2 aromatic carbocycles. The molecule has 0 saturated heterocycles. The highest BCUT2D eigenvalue weighted by atomic mass is 79.9. The van der Waals surface area contributed by atoms with E-state index in [9.17, 15) is 4.79 Å². The van der Waals surface area contributed by atoms with E-state index in [4.69, 9.17) is 10.5 Å². The van der Waals surface area contributed by atoms with Gasteiger partial charge in [0.05, 0.1) is 18.4 Å². The minimum atomic E-state index is -0.218. The molecule has 0 aliphatic rings. The van der Waals surface area contributed by atoms with Crippen LogP contribution in [0.4, 0.5) is 5.69 Å². The van der Waals surface area contributed by atoms with Crippen molar-refractivity contribution in [3.05, 3.63) is 58.1 Å². The highest BCUT2D eigenvalue weighted by molar-refractivity contribution is 9.10. The average Bonchev–Trinajstić information content (AvgIpc) is 2.46. The number of carbonyl (C=O) groups is 1. The largest absolute Gasteiger partial charge is 0.494 e. The van der Waals surface area contributed by atoms with E-state index < -0.39 is 0 Å². The first-order chi connectivity index (χ1) is 9.63. The smallest absolute Gasteiger partial charge is 0.255 e. The Hall–Kier alpha value is -2.01. The van der Waals surface area contributed by atoms with Crippen LogP contribution in [0.5, 0.6) is 5.75 Å². The number of nitrogen functional groups attached to an aromatic ring is 1. The highest BCUT2D eigenvalue weighted by Gasteiger charge is 2.14. The minimum absolute atomic E-state index is 0.218. The Bertz CT molecular complexity index is 629. The maximum absolute atomic E-state index is 12.2. The van der Waals surface area contributed by atoms with Gasteiger partial charge in [0.2, 0.25) is 0 Å². The summed E-state index contributed by atoms with van der Waals surface area (Å²) in [5, 5.41) is 2.85. The fourth-order valence-corrected chi connectivity index (χ4v) is 2.30. The van der Waals surface area contributed by atoms with Crippen molar-refractivity contribution in [2.45, 2.75) is 6.54 Å². The molecule has 104 valence electrons. The van der Waals surface area contributed by atoms with Gasteiger partial charge in [0.25, 0.3) is 5.91 Å². The summed E-state index contributed by atoms with van der Waals surface area (Å²) in [6, 6.07) is 12.8. The van der Waals surface area contributed by atoms with Crippen LogP contribution in [-0.4, -0.2) is 13.0 Å². The standard InChI is InChI=1S/C15H15BrN2O2/c1-20-14-11(6-4-8-13(14)17)15(19)18-9-10-5-2-3-7-12(10)16/h2-8H,9,17H2,1H3,(H,18,19).